The standard InChI is InChI=1S/C17H16ClN3O2/c1-3-16-19-9(2)14(20-16)7-12-11-6-10(15(22)8-18)4-5-13(11)21-17(12)23/h4-7H,3,8H2,1-2H3,(H,19,20)(H,21,23)/b12-7-. The van der Waals surface area contributed by atoms with Crippen LogP contribution in [0, 0.1) is 6.92 Å². The number of amides is 1. The second kappa shape index (κ2) is 6.01. The third-order valence-electron chi connectivity index (χ3n) is 3.83. The molecule has 2 aromatic rings. The van der Waals surface area contributed by atoms with Crippen LogP contribution in [0.5, 0.6) is 0 Å². The number of rotatable bonds is 4. The third kappa shape index (κ3) is 2.80. The molecule has 3 rings (SSSR count). The van der Waals surface area contributed by atoms with Gasteiger partial charge in [0.05, 0.1) is 17.1 Å². The fourth-order valence-corrected chi connectivity index (χ4v) is 2.72. The van der Waals surface area contributed by atoms with Gasteiger partial charge in [-0.25, -0.2) is 4.98 Å². The van der Waals surface area contributed by atoms with Crippen molar-refractivity contribution in [1.82, 2.24) is 9.97 Å². The van der Waals surface area contributed by atoms with Gasteiger partial charge in [-0.15, -0.1) is 11.6 Å². The van der Waals surface area contributed by atoms with Crippen molar-refractivity contribution in [3.63, 3.8) is 0 Å². The maximum absolute atomic E-state index is 12.2. The molecular weight excluding hydrogens is 314 g/mol. The highest BCUT2D eigenvalue weighted by Gasteiger charge is 2.25. The summed E-state index contributed by atoms with van der Waals surface area (Å²) in [7, 11) is 0. The zero-order chi connectivity index (χ0) is 16.6. The zero-order valence-corrected chi connectivity index (χ0v) is 13.6. The average Bonchev–Trinajstić information content (AvgIpc) is 3.06. The second-order valence-electron chi connectivity index (χ2n) is 5.38. The molecule has 1 aromatic carbocycles. The van der Waals surface area contributed by atoms with E-state index < -0.39 is 0 Å². The summed E-state index contributed by atoms with van der Waals surface area (Å²) in [6.07, 6.45) is 2.54. The molecule has 118 valence electrons. The smallest absolute Gasteiger partial charge is 0.256 e. The summed E-state index contributed by atoms with van der Waals surface area (Å²) in [5, 5.41) is 2.80. The van der Waals surface area contributed by atoms with Crippen molar-refractivity contribution < 1.29 is 9.59 Å². The number of fused-ring (bicyclic) bond motifs is 1. The number of hydrogen-bond acceptors (Lipinski definition) is 3. The Balaban J connectivity index is 2.08. The van der Waals surface area contributed by atoms with Gasteiger partial charge in [-0.2, -0.15) is 0 Å². The number of anilines is 1. The van der Waals surface area contributed by atoms with E-state index in [1.807, 2.05) is 13.8 Å². The van der Waals surface area contributed by atoms with Crippen molar-refractivity contribution in [3.05, 3.63) is 46.5 Å². The van der Waals surface area contributed by atoms with Gasteiger partial charge in [-0.05, 0) is 31.2 Å². The molecule has 2 N–H and O–H groups in total. The Hall–Kier alpha value is -2.40. The van der Waals surface area contributed by atoms with Gasteiger partial charge >= 0.3 is 0 Å². The van der Waals surface area contributed by atoms with Crippen LogP contribution in [-0.4, -0.2) is 27.5 Å². The van der Waals surface area contributed by atoms with Crippen LogP contribution in [0.25, 0.3) is 11.6 Å². The number of ketones is 1. The van der Waals surface area contributed by atoms with Gasteiger partial charge in [0, 0.05) is 28.9 Å². The predicted molar refractivity (Wildman–Crippen MR) is 90.7 cm³/mol. The Bertz CT molecular complexity index is 836. The van der Waals surface area contributed by atoms with Crippen molar-refractivity contribution in [2.75, 3.05) is 11.2 Å². The van der Waals surface area contributed by atoms with E-state index >= 15 is 0 Å². The molecule has 2 heterocycles. The van der Waals surface area contributed by atoms with E-state index in [0.29, 0.717) is 22.4 Å². The molecule has 6 heteroatoms. The molecule has 0 fully saturated rings. The van der Waals surface area contributed by atoms with Gasteiger partial charge in [0.1, 0.15) is 5.82 Å². The highest BCUT2D eigenvalue weighted by Crippen LogP contribution is 2.34. The molecule has 0 unspecified atom stereocenters. The van der Waals surface area contributed by atoms with Gasteiger partial charge in [-0.3, -0.25) is 9.59 Å². The molecule has 1 aliphatic heterocycles. The summed E-state index contributed by atoms with van der Waals surface area (Å²) in [5.41, 5.74) is 4.02. The number of carbonyl (C=O) groups is 2. The van der Waals surface area contributed by atoms with Gasteiger partial charge in [-0.1, -0.05) is 6.92 Å². The fraction of sp³-hybridized carbons (Fsp3) is 0.235. The Morgan fingerprint density at radius 2 is 2.17 bits per heavy atom. The number of alkyl halides is 1. The Morgan fingerprint density at radius 3 is 2.83 bits per heavy atom. The van der Waals surface area contributed by atoms with Crippen LogP contribution in [0.15, 0.2) is 18.2 Å². The van der Waals surface area contributed by atoms with Crippen LogP contribution in [0.1, 0.15) is 40.1 Å². The molecule has 0 radical (unpaired) electrons. The summed E-state index contributed by atoms with van der Waals surface area (Å²) < 4.78 is 0. The van der Waals surface area contributed by atoms with Crippen LogP contribution in [0.3, 0.4) is 0 Å². The number of benzene rings is 1. The SMILES string of the molecule is CCc1nc(/C=C2\C(=O)Nc3ccc(C(=O)CCl)cc32)c(C)[nH]1. The number of nitrogens with zero attached hydrogens (tertiary/aromatic N) is 1. The maximum Gasteiger partial charge on any atom is 0.256 e. The third-order valence-corrected chi connectivity index (χ3v) is 4.08. The lowest BCUT2D eigenvalue weighted by Gasteiger charge is -2.02. The van der Waals surface area contributed by atoms with Gasteiger partial charge in [0.2, 0.25) is 0 Å². The van der Waals surface area contributed by atoms with E-state index in [-0.39, 0.29) is 17.6 Å². The Kier molecular flexibility index (Phi) is 4.05. The number of imidazole rings is 1. The minimum atomic E-state index is -0.198. The summed E-state index contributed by atoms with van der Waals surface area (Å²) in [5.74, 6) is 0.421. The van der Waals surface area contributed by atoms with E-state index in [9.17, 15) is 9.59 Å². The summed E-state index contributed by atoms with van der Waals surface area (Å²) in [4.78, 5) is 31.7. The molecule has 23 heavy (non-hydrogen) atoms. The number of H-pyrrole nitrogens is 1. The van der Waals surface area contributed by atoms with Crippen LogP contribution < -0.4 is 5.32 Å². The molecule has 0 saturated carbocycles. The lowest BCUT2D eigenvalue weighted by atomic mass is 10.0. The molecule has 0 aliphatic carbocycles. The first-order valence-corrected chi connectivity index (χ1v) is 7.89. The number of aromatic amines is 1. The van der Waals surface area contributed by atoms with E-state index in [1.165, 1.54) is 0 Å². The molecular formula is C17H16ClN3O2. The Labute approximate surface area is 138 Å². The van der Waals surface area contributed by atoms with E-state index in [2.05, 4.69) is 15.3 Å². The minimum Gasteiger partial charge on any atom is -0.346 e. The Morgan fingerprint density at radius 1 is 1.39 bits per heavy atom. The van der Waals surface area contributed by atoms with Crippen molar-refractivity contribution in [2.45, 2.75) is 20.3 Å². The molecule has 0 bridgehead atoms. The summed E-state index contributed by atoms with van der Waals surface area (Å²) in [6.45, 7) is 3.93. The van der Waals surface area contributed by atoms with Gasteiger partial charge in [0.15, 0.2) is 5.78 Å². The number of carbonyl (C=O) groups excluding carboxylic acids is 2. The van der Waals surface area contributed by atoms with Crippen molar-refractivity contribution >= 4 is 40.6 Å². The summed E-state index contributed by atoms with van der Waals surface area (Å²) >= 11 is 5.61. The van der Waals surface area contributed by atoms with Crippen molar-refractivity contribution in [2.24, 2.45) is 0 Å². The van der Waals surface area contributed by atoms with Crippen LogP contribution >= 0.6 is 11.6 Å². The second-order valence-corrected chi connectivity index (χ2v) is 5.64. The largest absolute Gasteiger partial charge is 0.346 e. The van der Waals surface area contributed by atoms with Crippen LogP contribution in [0.4, 0.5) is 5.69 Å². The first-order valence-electron chi connectivity index (χ1n) is 7.35. The van der Waals surface area contributed by atoms with E-state index in [1.54, 1.807) is 24.3 Å². The first kappa shape index (κ1) is 15.5. The number of hydrogen-bond donors (Lipinski definition) is 2. The first-order chi connectivity index (χ1) is 11.0. The normalized spacial score (nSPS) is 14.9. The number of halogens is 1. The topological polar surface area (TPSA) is 74.8 Å². The average molecular weight is 330 g/mol. The fourth-order valence-electron chi connectivity index (χ4n) is 2.56. The molecule has 1 aromatic heterocycles. The quantitative estimate of drug-likeness (QED) is 0.514. The number of nitrogens with one attached hydrogen (secondary N) is 2. The highest BCUT2D eigenvalue weighted by molar-refractivity contribution is 6.35. The molecule has 5 nitrogen and oxygen atoms in total. The molecule has 0 spiro atoms. The van der Waals surface area contributed by atoms with Gasteiger partial charge in [0.25, 0.3) is 5.91 Å². The van der Waals surface area contributed by atoms with E-state index in [0.717, 1.165) is 23.6 Å². The van der Waals surface area contributed by atoms with Crippen LogP contribution in [0.2, 0.25) is 0 Å². The van der Waals surface area contributed by atoms with Crippen molar-refractivity contribution in [3.8, 4) is 0 Å². The highest BCUT2D eigenvalue weighted by atomic mass is 35.5. The molecule has 0 saturated heterocycles. The van der Waals surface area contributed by atoms with E-state index in [4.69, 9.17) is 11.6 Å². The number of aromatic nitrogens is 2. The molecule has 0 atom stereocenters. The molecule has 1 aliphatic rings. The minimum absolute atomic E-state index is 0.0858. The predicted octanol–water partition coefficient (Wildman–Crippen LogP) is 3.19. The lowest BCUT2D eigenvalue weighted by Crippen LogP contribution is -2.03. The van der Waals surface area contributed by atoms with Crippen LogP contribution in [-0.2, 0) is 11.2 Å². The maximum atomic E-state index is 12.2. The molecule has 1 amide bonds. The number of Topliss-reactive ketones (excluding diaryl/α,β-unsaturated/α-hetero) is 1. The lowest BCUT2D eigenvalue weighted by molar-refractivity contribution is -0.110. The number of aryl methyl sites for hydroxylation is 2. The monoisotopic (exact) mass is 329 g/mol. The zero-order valence-electron chi connectivity index (χ0n) is 12.9. The van der Waals surface area contributed by atoms with Gasteiger partial charge < -0.3 is 10.3 Å². The van der Waals surface area contributed by atoms with Crippen molar-refractivity contribution in [1.29, 1.82) is 0 Å². The summed E-state index contributed by atoms with van der Waals surface area (Å²) in [6, 6.07) is 5.09.